The second kappa shape index (κ2) is 7.40. The molecule has 0 spiro atoms. The third kappa shape index (κ3) is 3.77. The van der Waals surface area contributed by atoms with E-state index < -0.39 is 11.5 Å². The number of halogens is 1. The van der Waals surface area contributed by atoms with E-state index >= 15 is 0 Å². The molecular formula is C23H24FN3O2. The van der Waals surface area contributed by atoms with E-state index in [9.17, 15) is 14.4 Å². The number of nitrogens with zero attached hydrogens (tertiary/aromatic N) is 2. The van der Waals surface area contributed by atoms with Crippen molar-refractivity contribution >= 4 is 11.6 Å². The zero-order valence-corrected chi connectivity index (χ0v) is 16.7. The van der Waals surface area contributed by atoms with Crippen molar-refractivity contribution in [2.45, 2.75) is 32.8 Å². The number of rotatable bonds is 3. The number of anilines is 1. The fourth-order valence-electron chi connectivity index (χ4n) is 4.09. The number of likely N-dealkylation sites (tertiary alicyclic amines) is 1. The van der Waals surface area contributed by atoms with E-state index in [1.54, 1.807) is 17.0 Å². The summed E-state index contributed by atoms with van der Waals surface area (Å²) in [5, 5.41) is 13.1. The highest BCUT2D eigenvalue weighted by Crippen LogP contribution is 2.36. The fourth-order valence-corrected chi connectivity index (χ4v) is 4.09. The molecule has 1 N–H and O–H groups in total. The molecule has 2 aliphatic rings. The maximum Gasteiger partial charge on any atom is 0.265 e. The Balaban J connectivity index is 1.45. The summed E-state index contributed by atoms with van der Waals surface area (Å²) >= 11 is 0. The Morgan fingerprint density at radius 3 is 2.76 bits per heavy atom. The van der Waals surface area contributed by atoms with Gasteiger partial charge in [0.2, 0.25) is 0 Å². The first-order valence-corrected chi connectivity index (χ1v) is 9.85. The molecule has 150 valence electrons. The van der Waals surface area contributed by atoms with E-state index in [0.29, 0.717) is 38.2 Å². The Morgan fingerprint density at radius 1 is 1.31 bits per heavy atom. The maximum atomic E-state index is 13.2. The molecule has 4 rings (SSSR count). The van der Waals surface area contributed by atoms with E-state index in [1.807, 2.05) is 26.0 Å². The van der Waals surface area contributed by atoms with Crippen LogP contribution in [0, 0.1) is 36.4 Å². The van der Waals surface area contributed by atoms with Crippen LogP contribution < -0.4 is 10.1 Å². The Bertz CT molecular complexity index is 983. The number of benzene rings is 2. The first-order valence-electron chi connectivity index (χ1n) is 9.85. The highest BCUT2D eigenvalue weighted by molar-refractivity contribution is 5.83. The van der Waals surface area contributed by atoms with Crippen LogP contribution in [0.3, 0.4) is 0 Å². The molecule has 1 amide bonds. The molecule has 1 fully saturated rings. The van der Waals surface area contributed by atoms with Crippen molar-refractivity contribution in [3.63, 3.8) is 0 Å². The first kappa shape index (κ1) is 19.3. The number of aryl methyl sites for hydroxylation is 2. The average molecular weight is 393 g/mol. The van der Waals surface area contributed by atoms with Crippen LogP contribution in [0.2, 0.25) is 0 Å². The minimum Gasteiger partial charge on any atom is -0.477 e. The summed E-state index contributed by atoms with van der Waals surface area (Å²) in [7, 11) is 0. The van der Waals surface area contributed by atoms with Crippen LogP contribution in [0.5, 0.6) is 5.75 Å². The molecule has 2 heterocycles. The van der Waals surface area contributed by atoms with Crippen molar-refractivity contribution in [1.82, 2.24) is 4.90 Å². The van der Waals surface area contributed by atoms with Gasteiger partial charge in [-0.2, -0.15) is 5.26 Å². The molecule has 2 unspecified atom stereocenters. The van der Waals surface area contributed by atoms with Gasteiger partial charge in [-0.15, -0.1) is 0 Å². The van der Waals surface area contributed by atoms with Crippen LogP contribution in [0.15, 0.2) is 36.4 Å². The fraction of sp³-hybridized carbons (Fsp3) is 0.391. The standard InChI is InChI=1S/C23H24FN3O2/c1-15-9-19-20(10-16(15)2)29-21(12-26-19)22(28)27-8-7-23(13-25,14-27)11-17-3-5-18(24)6-4-17/h3-6,9-10,21,26H,7-8,11-12,14H2,1-2H3. The Labute approximate surface area is 170 Å². The van der Waals surface area contributed by atoms with E-state index in [-0.39, 0.29) is 11.7 Å². The largest absolute Gasteiger partial charge is 0.477 e. The van der Waals surface area contributed by atoms with E-state index in [4.69, 9.17) is 4.74 Å². The number of ether oxygens (including phenoxy) is 1. The van der Waals surface area contributed by atoms with Gasteiger partial charge >= 0.3 is 0 Å². The molecule has 29 heavy (non-hydrogen) atoms. The van der Waals surface area contributed by atoms with E-state index in [2.05, 4.69) is 11.4 Å². The van der Waals surface area contributed by atoms with Crippen LogP contribution in [0.1, 0.15) is 23.1 Å². The van der Waals surface area contributed by atoms with Gasteiger partial charge in [-0.25, -0.2) is 4.39 Å². The lowest BCUT2D eigenvalue weighted by Gasteiger charge is -2.30. The SMILES string of the molecule is Cc1cc2c(cc1C)OC(C(=O)N1CCC(C#N)(Cc3ccc(F)cc3)C1)CN2. The number of carbonyl (C=O) groups is 1. The first-order chi connectivity index (χ1) is 13.9. The van der Waals surface area contributed by atoms with Crippen molar-refractivity contribution in [2.24, 2.45) is 5.41 Å². The summed E-state index contributed by atoms with van der Waals surface area (Å²) in [6.45, 7) is 5.35. The molecule has 6 heteroatoms. The highest BCUT2D eigenvalue weighted by atomic mass is 19.1. The van der Waals surface area contributed by atoms with Crippen molar-refractivity contribution in [3.05, 3.63) is 58.9 Å². The van der Waals surface area contributed by atoms with Crippen LogP contribution in [-0.2, 0) is 11.2 Å². The number of hydrogen-bond donors (Lipinski definition) is 1. The lowest BCUT2D eigenvalue weighted by molar-refractivity contribution is -0.137. The van der Waals surface area contributed by atoms with Crippen LogP contribution in [-0.4, -0.2) is 36.5 Å². The topological polar surface area (TPSA) is 65.4 Å². The summed E-state index contributed by atoms with van der Waals surface area (Å²) in [6.07, 6.45) is 0.491. The molecule has 5 nitrogen and oxygen atoms in total. The summed E-state index contributed by atoms with van der Waals surface area (Å²) < 4.78 is 19.2. The molecule has 2 atom stereocenters. The van der Waals surface area contributed by atoms with Gasteiger partial charge in [-0.1, -0.05) is 12.1 Å². The van der Waals surface area contributed by atoms with E-state index in [0.717, 1.165) is 16.8 Å². The Hall–Kier alpha value is -3.07. The normalized spacial score (nSPS) is 23.0. The Morgan fingerprint density at radius 2 is 2.03 bits per heavy atom. The van der Waals surface area contributed by atoms with E-state index in [1.165, 1.54) is 17.7 Å². The quantitative estimate of drug-likeness (QED) is 0.865. The second-order valence-electron chi connectivity index (χ2n) is 8.13. The molecule has 2 aromatic rings. The molecular weight excluding hydrogens is 369 g/mol. The smallest absolute Gasteiger partial charge is 0.265 e. The van der Waals surface area contributed by atoms with Gasteiger partial charge in [0.15, 0.2) is 6.10 Å². The number of hydrogen-bond acceptors (Lipinski definition) is 4. The molecule has 2 aromatic carbocycles. The van der Waals surface area contributed by atoms with Gasteiger partial charge in [0.1, 0.15) is 11.6 Å². The van der Waals surface area contributed by atoms with Crippen molar-refractivity contribution in [1.29, 1.82) is 5.26 Å². The number of nitrogens with one attached hydrogen (secondary N) is 1. The van der Waals surface area contributed by atoms with Crippen LogP contribution in [0.4, 0.5) is 10.1 Å². The second-order valence-corrected chi connectivity index (χ2v) is 8.13. The molecule has 2 aliphatic heterocycles. The minimum atomic E-state index is -0.652. The van der Waals surface area contributed by atoms with Gasteiger partial charge in [-0.05, 0) is 67.6 Å². The lowest BCUT2D eigenvalue weighted by Crippen LogP contribution is -2.46. The van der Waals surface area contributed by atoms with Crippen LogP contribution >= 0.6 is 0 Å². The van der Waals surface area contributed by atoms with Crippen molar-refractivity contribution in [2.75, 3.05) is 25.0 Å². The molecule has 0 bridgehead atoms. The summed E-state index contributed by atoms with van der Waals surface area (Å²) in [4.78, 5) is 14.8. The summed E-state index contributed by atoms with van der Waals surface area (Å²) in [5.74, 6) is 0.294. The third-order valence-corrected chi connectivity index (χ3v) is 5.98. The van der Waals surface area contributed by atoms with Crippen molar-refractivity contribution in [3.8, 4) is 11.8 Å². The average Bonchev–Trinajstić information content (AvgIpc) is 3.14. The molecule has 0 aliphatic carbocycles. The predicted octanol–water partition coefficient (Wildman–Crippen LogP) is 3.60. The molecule has 0 saturated carbocycles. The number of nitriles is 1. The van der Waals surface area contributed by atoms with Crippen LogP contribution in [0.25, 0.3) is 0 Å². The minimum absolute atomic E-state index is 0.0994. The maximum absolute atomic E-state index is 13.2. The molecule has 0 radical (unpaired) electrons. The zero-order chi connectivity index (χ0) is 20.6. The number of carbonyl (C=O) groups excluding carboxylic acids is 1. The van der Waals surface area contributed by atoms with Gasteiger partial charge in [0, 0.05) is 13.1 Å². The Kier molecular flexibility index (Phi) is 4.91. The van der Waals surface area contributed by atoms with Gasteiger partial charge in [0.25, 0.3) is 5.91 Å². The molecule has 0 aromatic heterocycles. The number of amides is 1. The van der Waals surface area contributed by atoms with Gasteiger partial charge in [0.05, 0.1) is 23.7 Å². The summed E-state index contributed by atoms with van der Waals surface area (Å²) in [5.41, 5.74) is 3.44. The van der Waals surface area contributed by atoms with Gasteiger partial charge in [-0.3, -0.25) is 4.79 Å². The zero-order valence-electron chi connectivity index (χ0n) is 16.7. The predicted molar refractivity (Wildman–Crippen MR) is 108 cm³/mol. The summed E-state index contributed by atoms with van der Waals surface area (Å²) in [6, 6.07) is 12.6. The third-order valence-electron chi connectivity index (χ3n) is 5.98. The monoisotopic (exact) mass is 393 g/mol. The van der Waals surface area contributed by atoms with Gasteiger partial charge < -0.3 is 15.0 Å². The highest BCUT2D eigenvalue weighted by Gasteiger charge is 2.43. The van der Waals surface area contributed by atoms with Crippen molar-refractivity contribution < 1.29 is 13.9 Å². The number of fused-ring (bicyclic) bond motifs is 1. The lowest BCUT2D eigenvalue weighted by atomic mass is 9.82. The molecule has 1 saturated heterocycles.